The van der Waals surface area contributed by atoms with Gasteiger partial charge in [-0.15, -0.1) is 0 Å². The van der Waals surface area contributed by atoms with Crippen LogP contribution < -0.4 is 0 Å². The number of aliphatic hydroxyl groups is 1. The Kier molecular flexibility index (Phi) is 4.66. The SMILES string of the molecule is Cc1cc(-c2cc(C3(O)CCN(C)C3=O)on2)nc(-c2ccnc(S(C)(=O)=O)n2)c1. The van der Waals surface area contributed by atoms with E-state index in [9.17, 15) is 18.3 Å². The fraction of sp³-hybridized carbons (Fsp3) is 0.316. The maximum absolute atomic E-state index is 12.3. The van der Waals surface area contributed by atoms with E-state index in [0.717, 1.165) is 11.8 Å². The summed E-state index contributed by atoms with van der Waals surface area (Å²) in [6.45, 7) is 2.26. The van der Waals surface area contributed by atoms with Crippen LogP contribution in [0.15, 0.2) is 40.1 Å². The van der Waals surface area contributed by atoms with Crippen LogP contribution in [0.1, 0.15) is 17.7 Å². The highest BCUT2D eigenvalue weighted by atomic mass is 32.2. The average Bonchev–Trinajstić information content (AvgIpc) is 3.30. The summed E-state index contributed by atoms with van der Waals surface area (Å²) in [5.41, 5.74) is 0.617. The molecule has 1 atom stereocenters. The van der Waals surface area contributed by atoms with Gasteiger partial charge >= 0.3 is 0 Å². The number of hydrogen-bond acceptors (Lipinski definition) is 9. The van der Waals surface area contributed by atoms with Crippen LogP contribution >= 0.6 is 0 Å². The van der Waals surface area contributed by atoms with Gasteiger partial charge in [-0.2, -0.15) is 0 Å². The molecule has 4 heterocycles. The zero-order valence-corrected chi connectivity index (χ0v) is 17.3. The Hall–Kier alpha value is -3.18. The van der Waals surface area contributed by atoms with Crippen molar-refractivity contribution >= 4 is 15.7 Å². The molecule has 0 aromatic carbocycles. The number of rotatable bonds is 4. The van der Waals surface area contributed by atoms with Gasteiger partial charge in [-0.1, -0.05) is 5.16 Å². The molecule has 1 amide bonds. The minimum Gasteiger partial charge on any atom is -0.373 e. The van der Waals surface area contributed by atoms with Crippen LogP contribution in [0, 0.1) is 6.92 Å². The molecule has 3 aromatic rings. The summed E-state index contributed by atoms with van der Waals surface area (Å²) in [5.74, 6) is -0.393. The van der Waals surface area contributed by atoms with Crippen molar-refractivity contribution < 1.29 is 22.8 Å². The molecule has 0 aliphatic carbocycles. The quantitative estimate of drug-likeness (QED) is 0.600. The molecule has 1 N–H and O–H groups in total. The fourth-order valence-electron chi connectivity index (χ4n) is 3.26. The normalized spacial score (nSPS) is 19.5. The number of nitrogens with zero attached hydrogens (tertiary/aromatic N) is 5. The topological polar surface area (TPSA) is 139 Å². The van der Waals surface area contributed by atoms with Gasteiger partial charge in [0.05, 0.1) is 17.1 Å². The van der Waals surface area contributed by atoms with Crippen LogP contribution in [-0.4, -0.2) is 64.3 Å². The number of likely N-dealkylation sites (N-methyl/N-ethyl adjacent to an activating group) is 1. The van der Waals surface area contributed by atoms with Crippen LogP contribution in [0.2, 0.25) is 0 Å². The number of carbonyl (C=O) groups excluding carboxylic acids is 1. The van der Waals surface area contributed by atoms with Gasteiger partial charge in [-0.25, -0.2) is 23.4 Å². The van der Waals surface area contributed by atoms with E-state index in [-0.39, 0.29) is 17.3 Å². The molecule has 10 nitrogen and oxygen atoms in total. The predicted molar refractivity (Wildman–Crippen MR) is 105 cm³/mol. The second kappa shape index (κ2) is 6.96. The van der Waals surface area contributed by atoms with E-state index in [4.69, 9.17) is 4.52 Å². The molecule has 1 aliphatic heterocycles. The second-order valence-corrected chi connectivity index (χ2v) is 9.23. The number of pyridine rings is 1. The predicted octanol–water partition coefficient (Wildman–Crippen LogP) is 0.955. The van der Waals surface area contributed by atoms with Crippen LogP contribution in [0.4, 0.5) is 0 Å². The van der Waals surface area contributed by atoms with Crippen LogP contribution in [0.25, 0.3) is 22.8 Å². The van der Waals surface area contributed by atoms with Gasteiger partial charge in [-0.05, 0) is 30.7 Å². The highest BCUT2D eigenvalue weighted by Crippen LogP contribution is 2.34. The third-order valence-electron chi connectivity index (χ3n) is 4.89. The maximum atomic E-state index is 12.3. The van der Waals surface area contributed by atoms with Crippen LogP contribution in [-0.2, 0) is 20.2 Å². The largest absolute Gasteiger partial charge is 0.373 e. The van der Waals surface area contributed by atoms with Gasteiger partial charge in [0.15, 0.2) is 5.76 Å². The molecule has 4 rings (SSSR count). The first-order valence-electron chi connectivity index (χ1n) is 9.05. The summed E-state index contributed by atoms with van der Waals surface area (Å²) < 4.78 is 28.8. The summed E-state index contributed by atoms with van der Waals surface area (Å²) in [6, 6.07) is 6.56. The first-order chi connectivity index (χ1) is 14.1. The standard InChI is InChI=1S/C19H19N5O5S/c1-11-8-13(12-4-6-20-18(22-12)30(3,27)28)21-14(9-11)15-10-16(29-23-15)19(26)5-7-24(2)17(19)25/h4,6,8-10,26H,5,7H2,1-3H3. The van der Waals surface area contributed by atoms with E-state index in [1.54, 1.807) is 25.2 Å². The molecular formula is C19H19N5O5S. The minimum atomic E-state index is -3.57. The summed E-state index contributed by atoms with van der Waals surface area (Å²) in [5, 5.41) is 14.4. The number of amides is 1. The minimum absolute atomic E-state index is 0.0538. The maximum Gasteiger partial charge on any atom is 0.262 e. The Balaban J connectivity index is 1.74. The lowest BCUT2D eigenvalue weighted by Crippen LogP contribution is -2.35. The number of sulfone groups is 1. The molecule has 1 fully saturated rings. The summed E-state index contributed by atoms with van der Waals surface area (Å²) >= 11 is 0. The molecular weight excluding hydrogens is 410 g/mol. The number of carbonyl (C=O) groups is 1. The van der Waals surface area contributed by atoms with E-state index in [1.807, 2.05) is 6.92 Å². The first-order valence-corrected chi connectivity index (χ1v) is 10.9. The van der Waals surface area contributed by atoms with Gasteiger partial charge in [0, 0.05) is 38.5 Å². The van der Waals surface area contributed by atoms with Crippen molar-refractivity contribution in [2.45, 2.75) is 24.1 Å². The first kappa shape index (κ1) is 20.1. The molecule has 11 heteroatoms. The van der Waals surface area contributed by atoms with Gasteiger partial charge in [0.2, 0.25) is 20.6 Å². The molecule has 1 unspecified atom stereocenters. The van der Waals surface area contributed by atoms with Gasteiger partial charge in [-0.3, -0.25) is 4.79 Å². The molecule has 1 saturated heterocycles. The fourth-order valence-corrected chi connectivity index (χ4v) is 3.78. The molecule has 0 bridgehead atoms. The summed E-state index contributed by atoms with van der Waals surface area (Å²) in [7, 11) is -1.96. The number of likely N-dealkylation sites (tertiary alicyclic amines) is 1. The van der Waals surface area contributed by atoms with Gasteiger partial charge < -0.3 is 14.5 Å². The molecule has 30 heavy (non-hydrogen) atoms. The van der Waals surface area contributed by atoms with E-state index >= 15 is 0 Å². The second-order valence-electron chi connectivity index (χ2n) is 7.32. The van der Waals surface area contributed by atoms with E-state index in [0.29, 0.717) is 29.3 Å². The van der Waals surface area contributed by atoms with E-state index < -0.39 is 21.3 Å². The molecule has 0 spiro atoms. The number of aromatic nitrogens is 4. The van der Waals surface area contributed by atoms with Gasteiger partial charge in [0.1, 0.15) is 5.69 Å². The molecule has 0 saturated carbocycles. The molecule has 1 aliphatic rings. The number of hydrogen-bond donors (Lipinski definition) is 1. The zero-order chi connectivity index (χ0) is 21.7. The van der Waals surface area contributed by atoms with Crippen molar-refractivity contribution in [3.8, 4) is 22.8 Å². The monoisotopic (exact) mass is 429 g/mol. The van der Waals surface area contributed by atoms with Crippen LogP contribution in [0.3, 0.4) is 0 Å². The Labute approximate surface area is 172 Å². The molecule has 3 aromatic heterocycles. The van der Waals surface area contributed by atoms with Crippen LogP contribution in [0.5, 0.6) is 0 Å². The van der Waals surface area contributed by atoms with Crippen molar-refractivity contribution in [3.63, 3.8) is 0 Å². The van der Waals surface area contributed by atoms with E-state index in [1.165, 1.54) is 17.2 Å². The van der Waals surface area contributed by atoms with Crippen molar-refractivity contribution in [1.82, 2.24) is 25.0 Å². The van der Waals surface area contributed by atoms with Gasteiger partial charge in [0.25, 0.3) is 5.91 Å². The average molecular weight is 429 g/mol. The Morgan fingerprint density at radius 1 is 1.13 bits per heavy atom. The summed E-state index contributed by atoms with van der Waals surface area (Å²) in [6.07, 6.45) is 2.59. The zero-order valence-electron chi connectivity index (χ0n) is 16.5. The van der Waals surface area contributed by atoms with Crippen molar-refractivity contribution in [2.75, 3.05) is 19.8 Å². The lowest BCUT2D eigenvalue weighted by molar-refractivity contribution is -0.144. The highest BCUT2D eigenvalue weighted by molar-refractivity contribution is 7.90. The lowest BCUT2D eigenvalue weighted by atomic mass is 9.98. The summed E-state index contributed by atoms with van der Waals surface area (Å²) in [4.78, 5) is 26.1. The smallest absolute Gasteiger partial charge is 0.262 e. The Morgan fingerprint density at radius 3 is 2.47 bits per heavy atom. The van der Waals surface area contributed by atoms with Crippen molar-refractivity contribution in [2.24, 2.45) is 0 Å². The molecule has 0 radical (unpaired) electrons. The third kappa shape index (κ3) is 3.46. The lowest BCUT2D eigenvalue weighted by Gasteiger charge is -2.16. The van der Waals surface area contributed by atoms with Crippen molar-refractivity contribution in [1.29, 1.82) is 0 Å². The molecule has 156 valence electrons. The highest BCUT2D eigenvalue weighted by Gasteiger charge is 2.48. The van der Waals surface area contributed by atoms with Crippen molar-refractivity contribution in [3.05, 3.63) is 41.8 Å². The number of aryl methyl sites for hydroxylation is 1. The van der Waals surface area contributed by atoms with E-state index in [2.05, 4.69) is 20.1 Å². The third-order valence-corrected chi connectivity index (χ3v) is 5.75. The Morgan fingerprint density at radius 2 is 1.83 bits per heavy atom. The Bertz CT molecular complexity index is 1260.